The molecule has 0 aromatic carbocycles. The van der Waals surface area contributed by atoms with E-state index in [-0.39, 0.29) is 12.1 Å². The topological polar surface area (TPSA) is 43.8 Å². The minimum absolute atomic E-state index is 0.0825. The summed E-state index contributed by atoms with van der Waals surface area (Å²) in [6.45, 7) is 1.22. The zero-order valence-electron chi connectivity index (χ0n) is 7.94. The molecule has 1 atom stereocenters. The number of hydrogen-bond donors (Lipinski definition) is 1. The molecule has 0 bridgehead atoms. The minimum atomic E-state index is -0.309. The Labute approximate surface area is 78.1 Å². The average Bonchev–Trinajstić information content (AvgIpc) is 2.87. The smallest absolute Gasteiger partial charge is 0.320 e. The van der Waals surface area contributed by atoms with E-state index in [1.54, 1.807) is 9.80 Å². The zero-order valence-corrected chi connectivity index (χ0v) is 7.94. The maximum absolute atomic E-state index is 11.7. The molecule has 74 valence electrons. The Morgan fingerprint density at radius 2 is 2.15 bits per heavy atom. The predicted octanol–water partition coefficient (Wildman–Crippen LogP) is 0.267. The first-order chi connectivity index (χ1) is 6.18. The van der Waals surface area contributed by atoms with Crippen LogP contribution >= 0.6 is 0 Å². The first kappa shape index (κ1) is 8.81. The van der Waals surface area contributed by atoms with E-state index < -0.39 is 0 Å². The standard InChI is InChI=1S/C9H16N2O2/c1-10(7-2-3-7)9(13)11-5-4-8(12)6-11/h7-8,12H,2-6H2,1H3/t8-/m1/s1. The highest BCUT2D eigenvalue weighted by molar-refractivity contribution is 5.75. The highest BCUT2D eigenvalue weighted by Crippen LogP contribution is 2.26. The van der Waals surface area contributed by atoms with Gasteiger partial charge in [-0.15, -0.1) is 0 Å². The van der Waals surface area contributed by atoms with Gasteiger partial charge in [-0.25, -0.2) is 4.79 Å². The number of hydrogen-bond acceptors (Lipinski definition) is 2. The first-order valence-corrected chi connectivity index (χ1v) is 4.88. The fourth-order valence-electron chi connectivity index (χ4n) is 1.76. The number of rotatable bonds is 1. The number of urea groups is 1. The van der Waals surface area contributed by atoms with Crippen molar-refractivity contribution in [1.29, 1.82) is 0 Å². The summed E-state index contributed by atoms with van der Waals surface area (Å²) in [4.78, 5) is 15.3. The molecule has 4 heteroatoms. The molecular weight excluding hydrogens is 168 g/mol. The predicted molar refractivity (Wildman–Crippen MR) is 48.4 cm³/mol. The van der Waals surface area contributed by atoms with Crippen LogP contribution in [-0.4, -0.2) is 53.2 Å². The van der Waals surface area contributed by atoms with Gasteiger partial charge in [0, 0.05) is 26.2 Å². The quantitative estimate of drug-likeness (QED) is 0.635. The van der Waals surface area contributed by atoms with E-state index in [4.69, 9.17) is 0 Å². The molecule has 2 amide bonds. The van der Waals surface area contributed by atoms with Crippen molar-refractivity contribution in [1.82, 2.24) is 9.80 Å². The second-order valence-corrected chi connectivity index (χ2v) is 4.01. The number of aliphatic hydroxyl groups excluding tert-OH is 1. The van der Waals surface area contributed by atoms with E-state index >= 15 is 0 Å². The Balaban J connectivity index is 1.88. The van der Waals surface area contributed by atoms with Gasteiger partial charge in [-0.1, -0.05) is 0 Å². The summed E-state index contributed by atoms with van der Waals surface area (Å²) in [5.74, 6) is 0. The Hall–Kier alpha value is -0.770. The number of amides is 2. The number of aliphatic hydroxyl groups is 1. The van der Waals surface area contributed by atoms with Gasteiger partial charge in [0.05, 0.1) is 6.10 Å². The molecule has 0 spiro atoms. The van der Waals surface area contributed by atoms with Crippen LogP contribution in [0, 0.1) is 0 Å². The van der Waals surface area contributed by atoms with E-state index in [2.05, 4.69) is 0 Å². The van der Waals surface area contributed by atoms with E-state index in [9.17, 15) is 9.90 Å². The molecular formula is C9H16N2O2. The van der Waals surface area contributed by atoms with Crippen molar-refractivity contribution in [2.45, 2.75) is 31.4 Å². The molecule has 0 radical (unpaired) electrons. The van der Waals surface area contributed by atoms with Crippen LogP contribution < -0.4 is 0 Å². The van der Waals surface area contributed by atoms with Crippen molar-refractivity contribution in [2.75, 3.05) is 20.1 Å². The van der Waals surface area contributed by atoms with Crippen LogP contribution in [0.3, 0.4) is 0 Å². The third-order valence-electron chi connectivity index (χ3n) is 2.83. The van der Waals surface area contributed by atoms with Crippen molar-refractivity contribution < 1.29 is 9.90 Å². The first-order valence-electron chi connectivity index (χ1n) is 4.88. The molecule has 2 fully saturated rings. The van der Waals surface area contributed by atoms with E-state index in [0.717, 1.165) is 19.3 Å². The molecule has 2 rings (SSSR count). The summed E-state index contributed by atoms with van der Waals surface area (Å²) >= 11 is 0. The van der Waals surface area contributed by atoms with Crippen LogP contribution in [0.2, 0.25) is 0 Å². The van der Waals surface area contributed by atoms with Gasteiger partial charge in [-0.3, -0.25) is 0 Å². The summed E-state index contributed by atoms with van der Waals surface area (Å²) in [5, 5.41) is 9.27. The molecule has 0 unspecified atom stereocenters. The lowest BCUT2D eigenvalue weighted by Gasteiger charge is -2.23. The fourth-order valence-corrected chi connectivity index (χ4v) is 1.76. The maximum Gasteiger partial charge on any atom is 0.320 e. The fraction of sp³-hybridized carbons (Fsp3) is 0.889. The molecule has 1 N–H and O–H groups in total. The molecule has 2 aliphatic rings. The van der Waals surface area contributed by atoms with Gasteiger partial charge in [-0.2, -0.15) is 0 Å². The van der Waals surface area contributed by atoms with Gasteiger partial charge in [0.25, 0.3) is 0 Å². The van der Waals surface area contributed by atoms with Gasteiger partial charge >= 0.3 is 6.03 Å². The van der Waals surface area contributed by atoms with Crippen LogP contribution in [0.25, 0.3) is 0 Å². The monoisotopic (exact) mass is 184 g/mol. The SMILES string of the molecule is CN(C(=O)N1CC[C@@H](O)C1)C1CC1. The maximum atomic E-state index is 11.7. The molecule has 1 saturated carbocycles. The second-order valence-electron chi connectivity index (χ2n) is 4.01. The minimum Gasteiger partial charge on any atom is -0.391 e. The average molecular weight is 184 g/mol. The Morgan fingerprint density at radius 3 is 2.62 bits per heavy atom. The lowest BCUT2D eigenvalue weighted by atomic mass is 10.3. The number of carbonyl (C=O) groups is 1. The summed E-state index contributed by atoms with van der Waals surface area (Å²) < 4.78 is 0. The molecule has 1 saturated heterocycles. The Kier molecular flexibility index (Phi) is 2.15. The van der Waals surface area contributed by atoms with Gasteiger partial charge in [0.1, 0.15) is 0 Å². The molecule has 13 heavy (non-hydrogen) atoms. The van der Waals surface area contributed by atoms with Crippen molar-refractivity contribution in [2.24, 2.45) is 0 Å². The van der Waals surface area contributed by atoms with Crippen LogP contribution in [-0.2, 0) is 0 Å². The number of nitrogens with zero attached hydrogens (tertiary/aromatic N) is 2. The van der Waals surface area contributed by atoms with Crippen LogP contribution in [0.5, 0.6) is 0 Å². The zero-order chi connectivity index (χ0) is 9.42. The summed E-state index contributed by atoms with van der Waals surface area (Å²) in [5.41, 5.74) is 0. The largest absolute Gasteiger partial charge is 0.391 e. The molecule has 1 aliphatic carbocycles. The molecule has 0 aromatic rings. The lowest BCUT2D eigenvalue weighted by Crippen LogP contribution is -2.41. The van der Waals surface area contributed by atoms with Crippen molar-refractivity contribution in [3.05, 3.63) is 0 Å². The lowest BCUT2D eigenvalue weighted by molar-refractivity contribution is 0.152. The Bertz CT molecular complexity index is 216. The van der Waals surface area contributed by atoms with E-state index in [1.165, 1.54) is 0 Å². The number of carbonyl (C=O) groups excluding carboxylic acids is 1. The highest BCUT2D eigenvalue weighted by Gasteiger charge is 2.34. The summed E-state index contributed by atoms with van der Waals surface area (Å²) in [6.07, 6.45) is 2.69. The number of likely N-dealkylation sites (tertiary alicyclic amines) is 1. The molecule has 0 aromatic heterocycles. The third-order valence-corrected chi connectivity index (χ3v) is 2.83. The van der Waals surface area contributed by atoms with Crippen molar-refractivity contribution in [3.63, 3.8) is 0 Å². The van der Waals surface area contributed by atoms with Crippen molar-refractivity contribution >= 4 is 6.03 Å². The van der Waals surface area contributed by atoms with Gasteiger partial charge in [-0.05, 0) is 19.3 Å². The summed E-state index contributed by atoms with van der Waals surface area (Å²) in [7, 11) is 1.85. The second kappa shape index (κ2) is 3.18. The van der Waals surface area contributed by atoms with E-state index in [1.807, 2.05) is 7.05 Å². The number of β-amino-alcohol motifs (C(OH)–C–C–N with tert-alkyl or cyclic N) is 1. The molecule has 1 aliphatic heterocycles. The normalized spacial score (nSPS) is 27.8. The third kappa shape index (κ3) is 1.77. The Morgan fingerprint density at radius 1 is 1.46 bits per heavy atom. The molecule has 4 nitrogen and oxygen atoms in total. The van der Waals surface area contributed by atoms with Crippen LogP contribution in [0.1, 0.15) is 19.3 Å². The van der Waals surface area contributed by atoms with Crippen LogP contribution in [0.4, 0.5) is 4.79 Å². The van der Waals surface area contributed by atoms with Crippen LogP contribution in [0.15, 0.2) is 0 Å². The highest BCUT2D eigenvalue weighted by atomic mass is 16.3. The molecule has 1 heterocycles. The van der Waals surface area contributed by atoms with Crippen molar-refractivity contribution in [3.8, 4) is 0 Å². The van der Waals surface area contributed by atoms with Gasteiger partial charge in [0.15, 0.2) is 0 Å². The summed E-state index contributed by atoms with van der Waals surface area (Å²) in [6, 6.07) is 0.546. The van der Waals surface area contributed by atoms with Gasteiger partial charge < -0.3 is 14.9 Å². The van der Waals surface area contributed by atoms with E-state index in [0.29, 0.717) is 19.1 Å². The van der Waals surface area contributed by atoms with Gasteiger partial charge in [0.2, 0.25) is 0 Å².